The van der Waals surface area contributed by atoms with Crippen LogP contribution < -0.4 is 4.72 Å². The third kappa shape index (κ3) is 3.21. The Balaban J connectivity index is 2.84. The van der Waals surface area contributed by atoms with Crippen LogP contribution in [0, 0.1) is 5.41 Å². The van der Waals surface area contributed by atoms with Gasteiger partial charge in [0.05, 0.1) is 5.41 Å². The highest BCUT2D eigenvalue weighted by Crippen LogP contribution is 2.36. The Morgan fingerprint density at radius 1 is 1.50 bits per heavy atom. The zero-order valence-corrected chi connectivity index (χ0v) is 12.0. The van der Waals surface area contributed by atoms with Crippen LogP contribution in [0.5, 0.6) is 0 Å². The van der Waals surface area contributed by atoms with E-state index in [-0.39, 0.29) is 19.1 Å². The summed E-state index contributed by atoms with van der Waals surface area (Å²) in [6.45, 7) is 5.73. The molecular weight excluding hydrogens is 256 g/mol. The van der Waals surface area contributed by atoms with Crippen LogP contribution in [-0.4, -0.2) is 42.9 Å². The third-order valence-corrected chi connectivity index (χ3v) is 4.99. The molecule has 1 aliphatic rings. The molecule has 1 saturated heterocycles. The molecule has 0 spiro atoms. The molecule has 0 saturated carbocycles. The molecule has 1 fully saturated rings. The molecule has 7 heteroatoms. The molecule has 1 heterocycles. The van der Waals surface area contributed by atoms with E-state index in [9.17, 15) is 18.3 Å². The highest BCUT2D eigenvalue weighted by Gasteiger charge is 2.47. The molecule has 0 aromatic carbocycles. The van der Waals surface area contributed by atoms with E-state index in [1.807, 2.05) is 6.92 Å². The second-order valence-electron chi connectivity index (χ2n) is 5.20. The molecule has 1 aliphatic heterocycles. The van der Waals surface area contributed by atoms with Gasteiger partial charge in [-0.15, -0.1) is 0 Å². The van der Waals surface area contributed by atoms with Crippen molar-refractivity contribution in [3.05, 3.63) is 0 Å². The van der Waals surface area contributed by atoms with Gasteiger partial charge in [-0.1, -0.05) is 13.3 Å². The Kier molecular flexibility index (Phi) is 4.74. The molecule has 0 aromatic heterocycles. The van der Waals surface area contributed by atoms with Crippen LogP contribution in [0.25, 0.3) is 0 Å². The van der Waals surface area contributed by atoms with Crippen LogP contribution in [0.1, 0.15) is 40.0 Å². The molecule has 1 unspecified atom stereocenters. The normalized spacial score (nSPS) is 25.8. The summed E-state index contributed by atoms with van der Waals surface area (Å²) >= 11 is 0. The number of nitrogens with one attached hydrogen (secondary N) is 1. The van der Waals surface area contributed by atoms with Crippen molar-refractivity contribution in [2.24, 2.45) is 5.41 Å². The monoisotopic (exact) mass is 278 g/mol. The number of nitrogens with zero attached hydrogens (tertiary/aromatic N) is 1. The fourth-order valence-electron chi connectivity index (χ4n) is 2.38. The van der Waals surface area contributed by atoms with E-state index >= 15 is 0 Å². The van der Waals surface area contributed by atoms with Crippen LogP contribution in [0.3, 0.4) is 0 Å². The fraction of sp³-hybridized carbons (Fsp3) is 0.909. The number of carbonyl (C=O) groups is 1. The topological polar surface area (TPSA) is 86.7 Å². The summed E-state index contributed by atoms with van der Waals surface area (Å²) in [5, 5.41) is 9.32. The molecule has 106 valence electrons. The van der Waals surface area contributed by atoms with E-state index in [1.54, 1.807) is 13.8 Å². The van der Waals surface area contributed by atoms with Gasteiger partial charge >= 0.3 is 5.97 Å². The van der Waals surface area contributed by atoms with Crippen molar-refractivity contribution in [3.63, 3.8) is 0 Å². The lowest BCUT2D eigenvalue weighted by atomic mass is 9.83. The molecule has 1 atom stereocenters. The zero-order chi connectivity index (χ0) is 14.0. The Morgan fingerprint density at radius 3 is 2.56 bits per heavy atom. The Labute approximate surface area is 109 Å². The molecule has 0 aromatic rings. The number of rotatable bonds is 6. The van der Waals surface area contributed by atoms with Gasteiger partial charge in [0.2, 0.25) is 0 Å². The first-order valence-electron chi connectivity index (χ1n) is 6.24. The summed E-state index contributed by atoms with van der Waals surface area (Å²) < 4.78 is 27.7. The Morgan fingerprint density at radius 2 is 2.11 bits per heavy atom. The van der Waals surface area contributed by atoms with Crippen LogP contribution >= 0.6 is 0 Å². The first-order valence-corrected chi connectivity index (χ1v) is 7.68. The lowest BCUT2D eigenvalue weighted by molar-refractivity contribution is -0.148. The lowest BCUT2D eigenvalue weighted by Crippen LogP contribution is -2.44. The summed E-state index contributed by atoms with van der Waals surface area (Å²) in [7, 11) is -3.56. The van der Waals surface area contributed by atoms with Gasteiger partial charge in [-0.05, 0) is 26.7 Å². The van der Waals surface area contributed by atoms with Crippen LogP contribution in [0.15, 0.2) is 0 Å². The Hall–Kier alpha value is -0.660. The molecule has 0 radical (unpaired) electrons. The molecule has 0 aliphatic carbocycles. The summed E-state index contributed by atoms with van der Waals surface area (Å²) in [5.41, 5.74) is -0.916. The van der Waals surface area contributed by atoms with Gasteiger partial charge in [0.15, 0.2) is 0 Å². The minimum absolute atomic E-state index is 0.0677. The van der Waals surface area contributed by atoms with E-state index in [0.29, 0.717) is 12.8 Å². The molecule has 0 amide bonds. The van der Waals surface area contributed by atoms with Gasteiger partial charge < -0.3 is 5.11 Å². The van der Waals surface area contributed by atoms with E-state index < -0.39 is 21.6 Å². The quantitative estimate of drug-likeness (QED) is 0.752. The lowest BCUT2D eigenvalue weighted by Gasteiger charge is -2.24. The summed E-state index contributed by atoms with van der Waals surface area (Å²) in [5.74, 6) is -0.897. The predicted octanol–water partition coefficient (Wildman–Crippen LogP) is 0.806. The van der Waals surface area contributed by atoms with Crippen molar-refractivity contribution >= 4 is 16.2 Å². The standard InChI is InChI=1S/C11H22N2O4S/c1-4-5-11(10(14)15)6-7-13(8-11)18(16,17)12-9(2)3/h9,12H,4-8H2,1-3H3,(H,14,15). The van der Waals surface area contributed by atoms with E-state index in [0.717, 1.165) is 6.42 Å². The SMILES string of the molecule is CCCC1(C(=O)O)CCN(S(=O)(=O)NC(C)C)C1. The number of aliphatic carboxylic acids is 1. The largest absolute Gasteiger partial charge is 0.481 e. The summed E-state index contributed by atoms with van der Waals surface area (Å²) in [4.78, 5) is 11.4. The number of carboxylic acids is 1. The van der Waals surface area contributed by atoms with E-state index in [1.165, 1.54) is 4.31 Å². The average Bonchev–Trinajstić information content (AvgIpc) is 2.62. The second-order valence-corrected chi connectivity index (χ2v) is 6.90. The summed E-state index contributed by atoms with van der Waals surface area (Å²) in [6.07, 6.45) is 1.63. The minimum atomic E-state index is -3.56. The fourth-order valence-corrected chi connectivity index (χ4v) is 3.87. The number of carboxylic acid groups (broad SMARTS) is 1. The zero-order valence-electron chi connectivity index (χ0n) is 11.1. The van der Waals surface area contributed by atoms with Crippen molar-refractivity contribution in [3.8, 4) is 0 Å². The highest BCUT2D eigenvalue weighted by molar-refractivity contribution is 7.87. The highest BCUT2D eigenvalue weighted by atomic mass is 32.2. The van der Waals surface area contributed by atoms with Crippen molar-refractivity contribution in [1.82, 2.24) is 9.03 Å². The van der Waals surface area contributed by atoms with E-state index in [2.05, 4.69) is 4.72 Å². The van der Waals surface area contributed by atoms with Gasteiger partial charge in [-0.3, -0.25) is 4.79 Å². The maximum absolute atomic E-state index is 12.0. The molecule has 0 bridgehead atoms. The van der Waals surface area contributed by atoms with Gasteiger partial charge in [-0.25, -0.2) is 0 Å². The van der Waals surface area contributed by atoms with Gasteiger partial charge in [-0.2, -0.15) is 17.4 Å². The molecule has 2 N–H and O–H groups in total. The van der Waals surface area contributed by atoms with Gasteiger partial charge in [0.25, 0.3) is 10.2 Å². The van der Waals surface area contributed by atoms with E-state index in [4.69, 9.17) is 0 Å². The first-order chi connectivity index (χ1) is 8.23. The predicted molar refractivity (Wildman–Crippen MR) is 68.4 cm³/mol. The summed E-state index contributed by atoms with van der Waals surface area (Å²) in [6, 6.07) is -0.194. The van der Waals surface area contributed by atoms with Crippen LogP contribution in [0.4, 0.5) is 0 Å². The minimum Gasteiger partial charge on any atom is -0.481 e. The Bertz CT molecular complexity index is 407. The molecule has 18 heavy (non-hydrogen) atoms. The van der Waals surface area contributed by atoms with Crippen molar-refractivity contribution in [2.75, 3.05) is 13.1 Å². The molecule has 1 rings (SSSR count). The van der Waals surface area contributed by atoms with Crippen molar-refractivity contribution in [2.45, 2.75) is 46.1 Å². The number of hydrogen-bond donors (Lipinski definition) is 2. The third-order valence-electron chi connectivity index (χ3n) is 3.23. The van der Waals surface area contributed by atoms with Crippen molar-refractivity contribution < 1.29 is 18.3 Å². The maximum Gasteiger partial charge on any atom is 0.311 e. The molecular formula is C11H22N2O4S. The first kappa shape index (κ1) is 15.4. The van der Waals surface area contributed by atoms with Gasteiger partial charge in [0, 0.05) is 19.1 Å². The van der Waals surface area contributed by atoms with Crippen molar-refractivity contribution in [1.29, 1.82) is 0 Å². The molecule has 6 nitrogen and oxygen atoms in total. The van der Waals surface area contributed by atoms with Crippen LogP contribution in [0.2, 0.25) is 0 Å². The smallest absolute Gasteiger partial charge is 0.311 e. The second kappa shape index (κ2) is 5.54. The average molecular weight is 278 g/mol. The van der Waals surface area contributed by atoms with Gasteiger partial charge in [0.1, 0.15) is 0 Å². The number of hydrogen-bond acceptors (Lipinski definition) is 3. The maximum atomic E-state index is 12.0. The van der Waals surface area contributed by atoms with Crippen LogP contribution in [-0.2, 0) is 15.0 Å².